The third-order valence-corrected chi connectivity index (χ3v) is 1.68. The van der Waals surface area contributed by atoms with Crippen molar-refractivity contribution < 1.29 is 9.53 Å². The lowest BCUT2D eigenvalue weighted by Crippen LogP contribution is -2.09. The smallest absolute Gasteiger partial charge is 0.310 e. The van der Waals surface area contributed by atoms with Crippen LogP contribution in [0.5, 0.6) is 0 Å². The molecular formula is C6H7BrO2. The van der Waals surface area contributed by atoms with Gasteiger partial charge in [0.05, 0.1) is 0 Å². The molecule has 0 aromatic rings. The van der Waals surface area contributed by atoms with Crippen molar-refractivity contribution in [2.45, 2.75) is 19.3 Å². The van der Waals surface area contributed by atoms with Gasteiger partial charge in [0.2, 0.25) is 0 Å². The molecular weight excluding hydrogens is 184 g/mol. The number of hydrogen-bond donors (Lipinski definition) is 0. The van der Waals surface area contributed by atoms with E-state index in [0.717, 1.165) is 18.6 Å². The second-order valence-corrected chi connectivity index (χ2v) is 2.36. The summed E-state index contributed by atoms with van der Waals surface area (Å²) in [7, 11) is 0. The lowest BCUT2D eigenvalue weighted by Gasteiger charge is -2.11. The Labute approximate surface area is 62.0 Å². The van der Waals surface area contributed by atoms with Crippen LogP contribution in [0.25, 0.3) is 0 Å². The van der Waals surface area contributed by atoms with Crippen LogP contribution in [0.4, 0.5) is 0 Å². The molecule has 1 aliphatic rings. The summed E-state index contributed by atoms with van der Waals surface area (Å²) in [6.45, 7) is 0. The third-order valence-electron chi connectivity index (χ3n) is 1.17. The van der Waals surface area contributed by atoms with E-state index in [1.54, 1.807) is 4.99 Å². The van der Waals surface area contributed by atoms with Crippen molar-refractivity contribution in [2.24, 2.45) is 0 Å². The molecule has 1 heterocycles. The molecule has 0 aromatic carbocycles. The van der Waals surface area contributed by atoms with Crippen LogP contribution in [0.3, 0.4) is 0 Å². The van der Waals surface area contributed by atoms with Crippen molar-refractivity contribution in [3.05, 3.63) is 10.7 Å². The molecule has 0 spiro atoms. The molecule has 2 nitrogen and oxygen atoms in total. The van der Waals surface area contributed by atoms with Crippen LogP contribution in [0.15, 0.2) is 10.7 Å². The highest BCUT2D eigenvalue weighted by Crippen LogP contribution is 2.17. The van der Waals surface area contributed by atoms with Crippen molar-refractivity contribution in [3.8, 4) is 0 Å². The molecule has 1 saturated heterocycles. The SMILES string of the molecule is O=C1CCC/C(=C\Br)O1. The fourth-order valence-corrected chi connectivity index (χ4v) is 1.05. The van der Waals surface area contributed by atoms with Crippen molar-refractivity contribution in [1.82, 2.24) is 0 Å². The summed E-state index contributed by atoms with van der Waals surface area (Å²) in [5, 5.41) is 0. The van der Waals surface area contributed by atoms with Gasteiger partial charge in [-0.15, -0.1) is 0 Å². The van der Waals surface area contributed by atoms with Gasteiger partial charge in [0.1, 0.15) is 5.76 Å². The maximum atomic E-state index is 10.5. The summed E-state index contributed by atoms with van der Waals surface area (Å²) in [6, 6.07) is 0. The van der Waals surface area contributed by atoms with Gasteiger partial charge < -0.3 is 4.74 Å². The molecule has 0 saturated carbocycles. The molecule has 1 rings (SSSR count). The van der Waals surface area contributed by atoms with E-state index >= 15 is 0 Å². The minimum Gasteiger partial charge on any atom is -0.431 e. The zero-order chi connectivity index (χ0) is 6.69. The van der Waals surface area contributed by atoms with Crippen LogP contribution in [0.1, 0.15) is 19.3 Å². The first-order valence-electron chi connectivity index (χ1n) is 2.83. The van der Waals surface area contributed by atoms with Gasteiger partial charge in [0.15, 0.2) is 0 Å². The molecule has 3 heteroatoms. The Bertz CT molecular complexity index is 151. The van der Waals surface area contributed by atoms with Crippen LogP contribution in [0.2, 0.25) is 0 Å². The largest absolute Gasteiger partial charge is 0.431 e. The monoisotopic (exact) mass is 190 g/mol. The van der Waals surface area contributed by atoms with E-state index in [9.17, 15) is 4.79 Å². The quantitative estimate of drug-likeness (QED) is 0.547. The predicted molar refractivity (Wildman–Crippen MR) is 37.0 cm³/mol. The first kappa shape index (κ1) is 6.81. The Kier molecular flexibility index (Phi) is 2.28. The number of ether oxygens (including phenoxy) is 1. The highest BCUT2D eigenvalue weighted by molar-refractivity contribution is 9.11. The summed E-state index contributed by atoms with van der Waals surface area (Å²) in [5.41, 5.74) is 0. The zero-order valence-electron chi connectivity index (χ0n) is 4.89. The Morgan fingerprint density at radius 3 is 2.78 bits per heavy atom. The van der Waals surface area contributed by atoms with E-state index < -0.39 is 0 Å². The van der Waals surface area contributed by atoms with Crippen molar-refractivity contribution in [1.29, 1.82) is 0 Å². The topological polar surface area (TPSA) is 26.3 Å². The lowest BCUT2D eigenvalue weighted by molar-refractivity contribution is -0.141. The number of cyclic esters (lactones) is 1. The first-order chi connectivity index (χ1) is 4.33. The van der Waals surface area contributed by atoms with E-state index in [1.165, 1.54) is 0 Å². The molecule has 0 atom stereocenters. The maximum Gasteiger partial charge on any atom is 0.310 e. The van der Waals surface area contributed by atoms with Gasteiger partial charge in [-0.25, -0.2) is 0 Å². The van der Waals surface area contributed by atoms with Gasteiger partial charge in [-0.05, 0) is 6.42 Å². The zero-order valence-corrected chi connectivity index (χ0v) is 6.48. The Hall–Kier alpha value is -0.310. The Morgan fingerprint density at radius 2 is 2.33 bits per heavy atom. The second kappa shape index (κ2) is 3.01. The number of carbonyl (C=O) groups is 1. The number of halogens is 1. The van der Waals surface area contributed by atoms with E-state index in [0.29, 0.717) is 6.42 Å². The molecule has 0 N–H and O–H groups in total. The van der Waals surface area contributed by atoms with Gasteiger partial charge >= 0.3 is 5.97 Å². The Balaban J connectivity index is 2.51. The van der Waals surface area contributed by atoms with E-state index in [4.69, 9.17) is 4.74 Å². The normalized spacial score (nSPS) is 24.1. The van der Waals surface area contributed by atoms with E-state index in [2.05, 4.69) is 15.9 Å². The molecule has 0 unspecified atom stereocenters. The fraction of sp³-hybridized carbons (Fsp3) is 0.500. The van der Waals surface area contributed by atoms with Gasteiger partial charge in [-0.2, -0.15) is 0 Å². The number of allylic oxidation sites excluding steroid dienone is 1. The van der Waals surface area contributed by atoms with Crippen LogP contribution in [-0.2, 0) is 9.53 Å². The number of carbonyl (C=O) groups excluding carboxylic acids is 1. The van der Waals surface area contributed by atoms with Crippen LogP contribution < -0.4 is 0 Å². The number of rotatable bonds is 0. The molecule has 0 bridgehead atoms. The molecule has 9 heavy (non-hydrogen) atoms. The van der Waals surface area contributed by atoms with Crippen molar-refractivity contribution in [2.75, 3.05) is 0 Å². The van der Waals surface area contributed by atoms with Gasteiger partial charge in [0.25, 0.3) is 0 Å². The molecule has 50 valence electrons. The fourth-order valence-electron chi connectivity index (χ4n) is 0.732. The maximum absolute atomic E-state index is 10.5. The van der Waals surface area contributed by atoms with Crippen LogP contribution in [0, 0.1) is 0 Å². The summed E-state index contributed by atoms with van der Waals surface area (Å²) in [5.74, 6) is 0.623. The lowest BCUT2D eigenvalue weighted by atomic mass is 10.2. The summed E-state index contributed by atoms with van der Waals surface area (Å²) in [6.07, 6.45) is 2.34. The average Bonchev–Trinajstić information content (AvgIpc) is 1.88. The van der Waals surface area contributed by atoms with Crippen LogP contribution in [-0.4, -0.2) is 5.97 Å². The van der Waals surface area contributed by atoms with Crippen molar-refractivity contribution >= 4 is 21.9 Å². The van der Waals surface area contributed by atoms with Gasteiger partial charge in [-0.1, -0.05) is 15.9 Å². The summed E-state index contributed by atoms with van der Waals surface area (Å²) in [4.78, 5) is 12.2. The summed E-state index contributed by atoms with van der Waals surface area (Å²) < 4.78 is 4.81. The molecule has 0 amide bonds. The van der Waals surface area contributed by atoms with Gasteiger partial charge in [0, 0.05) is 17.8 Å². The third kappa shape index (κ3) is 1.82. The number of esters is 1. The van der Waals surface area contributed by atoms with E-state index in [1.807, 2.05) is 0 Å². The first-order valence-corrected chi connectivity index (χ1v) is 3.74. The molecule has 1 aliphatic heterocycles. The van der Waals surface area contributed by atoms with Crippen LogP contribution >= 0.6 is 15.9 Å². The standard InChI is InChI=1S/C6H7BrO2/c7-4-5-2-1-3-6(8)9-5/h4H,1-3H2/b5-4+. The highest BCUT2D eigenvalue weighted by Gasteiger charge is 2.12. The summed E-state index contributed by atoms with van der Waals surface area (Å²) >= 11 is 3.10. The minimum atomic E-state index is -0.119. The molecule has 1 fully saturated rings. The van der Waals surface area contributed by atoms with Gasteiger partial charge in [-0.3, -0.25) is 4.79 Å². The van der Waals surface area contributed by atoms with E-state index in [-0.39, 0.29) is 5.97 Å². The highest BCUT2D eigenvalue weighted by atomic mass is 79.9. The Morgan fingerprint density at radius 1 is 1.56 bits per heavy atom. The molecule has 0 radical (unpaired) electrons. The average molecular weight is 191 g/mol. The second-order valence-electron chi connectivity index (χ2n) is 1.90. The predicted octanol–water partition coefficient (Wildman–Crippen LogP) is 1.95. The molecule has 0 aliphatic carbocycles. The minimum absolute atomic E-state index is 0.119. The molecule has 0 aromatic heterocycles. The number of hydrogen-bond acceptors (Lipinski definition) is 2. The van der Waals surface area contributed by atoms with Crippen molar-refractivity contribution in [3.63, 3.8) is 0 Å².